The number of nitrogens with zero attached hydrogens (tertiary/aromatic N) is 6. The summed E-state index contributed by atoms with van der Waals surface area (Å²) in [5, 5.41) is 0. The standard InChI is InChI=1S/C25H29FN4OS.C25H26FN3O2S/c1-3-29(4-2)12-6-5-7-23(31)18-9-11-22-24(14-18)32-25-28-21(16-30(22)25)19-10-8-17(15-27)13-20(19)26;1-3-28(4-2)12-6-5-7-23(31)18-9-11-22-24(14-18)32-25-27-21(15-29(22)25)19-10-8-17(16-30)13-20(19)26/h8-11,13-14,16H,3-7,12,15,27H2,1-2H3;8-11,13-16H,3-7,12H2,1-2H3. The number of hydrogen-bond acceptors (Lipinski definition) is 10. The minimum Gasteiger partial charge on any atom is -0.326 e. The third kappa shape index (κ3) is 10.5. The number of aromatic nitrogens is 4. The summed E-state index contributed by atoms with van der Waals surface area (Å²) >= 11 is 2.99. The molecular formula is C50H55F2N7O3S2. The fraction of sp³-hybridized carbons (Fsp3) is 0.340. The largest absolute Gasteiger partial charge is 0.326 e. The smallest absolute Gasteiger partial charge is 0.195 e. The van der Waals surface area contributed by atoms with Crippen LogP contribution in [0.4, 0.5) is 8.78 Å². The fourth-order valence-electron chi connectivity index (χ4n) is 7.92. The fourth-order valence-corrected chi connectivity index (χ4v) is 10.0. The number of benzene rings is 4. The summed E-state index contributed by atoms with van der Waals surface area (Å²) in [5.74, 6) is -0.453. The number of fused-ring (bicyclic) bond motifs is 6. The summed E-state index contributed by atoms with van der Waals surface area (Å²) < 4.78 is 34.7. The molecular weight excluding hydrogens is 849 g/mol. The van der Waals surface area contributed by atoms with E-state index in [0.717, 1.165) is 112 Å². The van der Waals surface area contributed by atoms with Gasteiger partial charge >= 0.3 is 0 Å². The Morgan fingerprint density at radius 2 is 1.11 bits per heavy atom. The van der Waals surface area contributed by atoms with Gasteiger partial charge in [0.1, 0.15) is 17.9 Å². The van der Waals surface area contributed by atoms with Crippen LogP contribution in [-0.2, 0) is 6.54 Å². The van der Waals surface area contributed by atoms with Crippen LogP contribution in [0, 0.1) is 11.6 Å². The van der Waals surface area contributed by atoms with Crippen molar-refractivity contribution >= 4 is 70.9 Å². The van der Waals surface area contributed by atoms with Gasteiger partial charge in [-0.3, -0.25) is 23.2 Å². The minimum absolute atomic E-state index is 0.163. The van der Waals surface area contributed by atoms with Crippen LogP contribution >= 0.6 is 22.7 Å². The molecule has 0 aliphatic heterocycles. The maximum Gasteiger partial charge on any atom is 0.195 e. The summed E-state index contributed by atoms with van der Waals surface area (Å²) in [7, 11) is 0. The van der Waals surface area contributed by atoms with Crippen LogP contribution in [0.25, 0.3) is 52.9 Å². The van der Waals surface area contributed by atoms with Gasteiger partial charge in [-0.25, -0.2) is 18.7 Å². The first-order chi connectivity index (χ1) is 31.1. The second-order valence-corrected chi connectivity index (χ2v) is 17.8. The lowest BCUT2D eigenvalue weighted by atomic mass is 10.1. The average molecular weight is 904 g/mol. The number of carbonyl (C=O) groups excluding carboxylic acids is 3. The van der Waals surface area contributed by atoms with Crippen molar-refractivity contribution in [2.45, 2.75) is 72.8 Å². The van der Waals surface area contributed by atoms with Gasteiger partial charge in [0.15, 0.2) is 21.5 Å². The lowest BCUT2D eigenvalue weighted by Gasteiger charge is -2.17. The first-order valence-electron chi connectivity index (χ1n) is 22.2. The molecule has 0 bridgehead atoms. The van der Waals surface area contributed by atoms with Crippen molar-refractivity contribution in [3.8, 4) is 22.5 Å². The summed E-state index contributed by atoms with van der Waals surface area (Å²) in [5.41, 5.74) is 11.9. The van der Waals surface area contributed by atoms with Crippen LogP contribution in [0.3, 0.4) is 0 Å². The predicted molar refractivity (Wildman–Crippen MR) is 257 cm³/mol. The van der Waals surface area contributed by atoms with Crippen LogP contribution in [0.2, 0.25) is 0 Å². The maximum absolute atomic E-state index is 14.5. The van der Waals surface area contributed by atoms with Crippen LogP contribution in [-0.4, -0.2) is 85.7 Å². The van der Waals surface area contributed by atoms with E-state index in [-0.39, 0.29) is 17.4 Å². The van der Waals surface area contributed by atoms with Crippen LogP contribution in [0.15, 0.2) is 85.2 Å². The quantitative estimate of drug-likeness (QED) is 0.0456. The number of halogens is 2. The molecule has 2 N–H and O–H groups in total. The first-order valence-corrected chi connectivity index (χ1v) is 23.8. The highest BCUT2D eigenvalue weighted by Gasteiger charge is 2.17. The Morgan fingerprint density at radius 1 is 0.641 bits per heavy atom. The third-order valence-corrected chi connectivity index (χ3v) is 13.9. The molecule has 0 saturated heterocycles. The number of carbonyl (C=O) groups is 3. The number of rotatable bonds is 20. The van der Waals surface area contributed by atoms with Crippen molar-refractivity contribution in [2.75, 3.05) is 39.3 Å². The van der Waals surface area contributed by atoms with E-state index in [1.54, 1.807) is 24.4 Å². The number of ketones is 2. The van der Waals surface area contributed by atoms with E-state index in [2.05, 4.69) is 47.5 Å². The van der Waals surface area contributed by atoms with Crippen molar-refractivity contribution < 1.29 is 23.2 Å². The van der Waals surface area contributed by atoms with Crippen molar-refractivity contribution in [1.29, 1.82) is 0 Å². The van der Waals surface area contributed by atoms with E-state index < -0.39 is 5.82 Å². The molecule has 0 saturated carbocycles. The topological polar surface area (TPSA) is 118 Å². The highest BCUT2D eigenvalue weighted by Crippen LogP contribution is 2.33. The number of nitrogens with two attached hydrogens (primary N) is 1. The highest BCUT2D eigenvalue weighted by atomic mass is 32.1. The Morgan fingerprint density at radius 3 is 1.53 bits per heavy atom. The zero-order chi connectivity index (χ0) is 45.3. The Labute approximate surface area is 380 Å². The number of unbranched alkanes of at least 4 members (excludes halogenated alkanes) is 2. The molecule has 0 amide bonds. The van der Waals surface area contributed by atoms with E-state index in [9.17, 15) is 23.2 Å². The molecule has 10 nitrogen and oxygen atoms in total. The van der Waals surface area contributed by atoms with Gasteiger partial charge in [-0.2, -0.15) is 0 Å². The molecule has 14 heteroatoms. The van der Waals surface area contributed by atoms with Crippen LogP contribution in [0.1, 0.15) is 103 Å². The van der Waals surface area contributed by atoms with E-state index in [0.29, 0.717) is 53.8 Å². The zero-order valence-electron chi connectivity index (χ0n) is 36.9. The first kappa shape index (κ1) is 46.5. The molecule has 0 atom stereocenters. The van der Waals surface area contributed by atoms with Gasteiger partial charge in [0, 0.05) is 59.6 Å². The molecule has 64 heavy (non-hydrogen) atoms. The van der Waals surface area contributed by atoms with Crippen LogP contribution < -0.4 is 5.73 Å². The Kier molecular flexibility index (Phi) is 15.6. The van der Waals surface area contributed by atoms with Gasteiger partial charge < -0.3 is 15.5 Å². The summed E-state index contributed by atoms with van der Waals surface area (Å²) in [6, 6.07) is 20.9. The monoisotopic (exact) mass is 903 g/mol. The second-order valence-electron chi connectivity index (χ2n) is 15.8. The predicted octanol–water partition coefficient (Wildman–Crippen LogP) is 11.4. The van der Waals surface area contributed by atoms with Gasteiger partial charge in [0.05, 0.1) is 31.8 Å². The number of thiazole rings is 2. The molecule has 0 fully saturated rings. The molecule has 0 unspecified atom stereocenters. The molecule has 8 rings (SSSR count). The molecule has 334 valence electrons. The number of imidazole rings is 2. The number of Topliss-reactive ketones (excluding diaryl/α,β-unsaturated/α-hetero) is 2. The molecule has 0 aliphatic carbocycles. The summed E-state index contributed by atoms with van der Waals surface area (Å²) in [6.45, 7) is 15.2. The zero-order valence-corrected chi connectivity index (χ0v) is 38.5. The molecule has 4 aromatic carbocycles. The number of aldehydes is 1. The number of hydrogen-bond donors (Lipinski definition) is 1. The molecule has 8 aromatic rings. The average Bonchev–Trinajstić information content (AvgIpc) is 4.08. The summed E-state index contributed by atoms with van der Waals surface area (Å²) in [6.07, 6.45) is 9.23. The van der Waals surface area contributed by atoms with E-state index in [4.69, 9.17) is 5.73 Å². The van der Waals surface area contributed by atoms with E-state index in [1.165, 1.54) is 34.8 Å². The van der Waals surface area contributed by atoms with Crippen molar-refractivity contribution in [2.24, 2.45) is 5.73 Å². The molecule has 0 aliphatic rings. The third-order valence-electron chi connectivity index (χ3n) is 11.8. The molecule has 4 aromatic heterocycles. The lowest BCUT2D eigenvalue weighted by molar-refractivity contribution is 0.0970. The van der Waals surface area contributed by atoms with Crippen LogP contribution in [0.5, 0.6) is 0 Å². The van der Waals surface area contributed by atoms with Gasteiger partial charge in [0.2, 0.25) is 0 Å². The molecule has 4 heterocycles. The maximum atomic E-state index is 14.5. The Hall–Kier alpha value is -5.51. The lowest BCUT2D eigenvalue weighted by Crippen LogP contribution is -2.24. The van der Waals surface area contributed by atoms with Crippen molar-refractivity contribution in [1.82, 2.24) is 28.6 Å². The normalized spacial score (nSPS) is 11.7. The van der Waals surface area contributed by atoms with Gasteiger partial charge in [-0.15, -0.1) is 0 Å². The van der Waals surface area contributed by atoms with Crippen molar-refractivity contribution in [3.05, 3.63) is 119 Å². The molecule has 0 radical (unpaired) electrons. The SMILES string of the molecule is CCN(CC)CCCCC(=O)c1ccc2c(c1)sc1nc(-c3ccc(C=O)cc3F)cn12.CCN(CC)CCCCC(=O)c1ccc2c(c1)sc1nc(-c3ccc(CN)cc3F)cn12. The minimum atomic E-state index is -0.474. The van der Waals surface area contributed by atoms with E-state index >= 15 is 0 Å². The summed E-state index contributed by atoms with van der Waals surface area (Å²) in [4.78, 5) is 51.6. The van der Waals surface area contributed by atoms with E-state index in [1.807, 2.05) is 57.5 Å². The van der Waals surface area contributed by atoms with Gasteiger partial charge in [-0.05, 0) is 131 Å². The highest BCUT2D eigenvalue weighted by molar-refractivity contribution is 7.24. The van der Waals surface area contributed by atoms with Gasteiger partial charge in [0.25, 0.3) is 0 Å². The van der Waals surface area contributed by atoms with Crippen molar-refractivity contribution in [3.63, 3.8) is 0 Å². The van der Waals surface area contributed by atoms with Gasteiger partial charge in [-0.1, -0.05) is 62.5 Å². The Balaban J connectivity index is 0.000000191. The molecule has 0 spiro atoms. The Bertz CT molecular complexity index is 2910. The second kappa shape index (κ2) is 21.4.